The third kappa shape index (κ3) is 5.90. The summed E-state index contributed by atoms with van der Waals surface area (Å²) in [6.07, 6.45) is 6.00. The van der Waals surface area contributed by atoms with E-state index in [9.17, 15) is 16.8 Å². The van der Waals surface area contributed by atoms with Crippen molar-refractivity contribution in [1.29, 1.82) is 0 Å². The van der Waals surface area contributed by atoms with Crippen molar-refractivity contribution in [2.45, 2.75) is 49.2 Å². The van der Waals surface area contributed by atoms with Crippen LogP contribution in [0.15, 0.2) is 78.1 Å². The summed E-state index contributed by atoms with van der Waals surface area (Å²) in [6, 6.07) is 17.8. The molecule has 200 valence electrons. The van der Waals surface area contributed by atoms with Crippen molar-refractivity contribution in [3.63, 3.8) is 0 Å². The molecule has 0 aliphatic carbocycles. The fourth-order valence-electron chi connectivity index (χ4n) is 4.20. The first-order chi connectivity index (χ1) is 17.6. The first-order valence-corrected chi connectivity index (χ1v) is 19.7. The van der Waals surface area contributed by atoms with Gasteiger partial charge in [0.15, 0.2) is 19.7 Å². The van der Waals surface area contributed by atoms with Gasteiger partial charge in [-0.3, -0.25) is 9.97 Å². The van der Waals surface area contributed by atoms with E-state index in [1.54, 1.807) is 32.3 Å². The van der Waals surface area contributed by atoms with Gasteiger partial charge in [-0.1, -0.05) is 43.9 Å². The number of nitrogens with zero attached hydrogens (tertiary/aromatic N) is 2. The molecule has 0 spiro atoms. The summed E-state index contributed by atoms with van der Waals surface area (Å²) in [5, 5.41) is 0.847. The number of hydrogen-bond acceptors (Lipinski definition) is 6. The Labute approximate surface area is 227 Å². The average molecular weight is 567 g/mol. The highest BCUT2D eigenvalue weighted by Gasteiger charge is 2.34. The summed E-state index contributed by atoms with van der Waals surface area (Å²) < 4.78 is 50.3. The van der Waals surface area contributed by atoms with Gasteiger partial charge in [0.25, 0.3) is 0 Å². The van der Waals surface area contributed by atoms with E-state index in [0.29, 0.717) is 22.7 Å². The number of benzene rings is 2. The van der Waals surface area contributed by atoms with Crippen LogP contribution in [0.4, 0.5) is 0 Å². The van der Waals surface area contributed by atoms with Crippen LogP contribution in [-0.2, 0) is 24.4 Å². The second kappa shape index (κ2) is 10.0. The Morgan fingerprint density at radius 3 is 2.16 bits per heavy atom. The molecule has 9 heteroatoms. The van der Waals surface area contributed by atoms with Crippen molar-refractivity contribution in [3.05, 3.63) is 78.8 Å². The van der Waals surface area contributed by atoms with E-state index >= 15 is 0 Å². The fourth-order valence-corrected chi connectivity index (χ4v) is 9.04. The summed E-state index contributed by atoms with van der Waals surface area (Å²) in [5.41, 5.74) is 4.56. The van der Waals surface area contributed by atoms with Gasteiger partial charge in [0, 0.05) is 43.9 Å². The zero-order chi connectivity index (χ0) is 27.9. The lowest BCUT2D eigenvalue weighted by Crippen LogP contribution is -2.28. The molecule has 0 saturated heterocycles. The molecule has 2 aromatic heterocycles. The van der Waals surface area contributed by atoms with Gasteiger partial charge >= 0.3 is 0 Å². The van der Waals surface area contributed by atoms with Crippen LogP contribution in [-0.4, -0.2) is 46.9 Å². The molecule has 2 aromatic carbocycles. The molecule has 0 amide bonds. The van der Waals surface area contributed by atoms with Crippen molar-refractivity contribution in [2.24, 2.45) is 0 Å². The fraction of sp³-hybridized carbons (Fsp3) is 0.310. The number of sulfone groups is 2. The third-order valence-electron chi connectivity index (χ3n) is 7.00. The van der Waals surface area contributed by atoms with Crippen molar-refractivity contribution in [2.75, 3.05) is 12.0 Å². The molecular formula is C29H34N2O4S2Si. The van der Waals surface area contributed by atoms with E-state index in [4.69, 9.17) is 0 Å². The number of fused-ring (bicyclic) bond motifs is 1. The normalized spacial score (nSPS) is 13.1. The van der Waals surface area contributed by atoms with Crippen LogP contribution in [0.5, 0.6) is 0 Å². The van der Waals surface area contributed by atoms with Gasteiger partial charge in [0.1, 0.15) is 0 Å². The molecule has 38 heavy (non-hydrogen) atoms. The van der Waals surface area contributed by atoms with E-state index in [-0.39, 0.29) is 10.6 Å². The van der Waals surface area contributed by atoms with Crippen LogP contribution in [0, 0.1) is 0 Å². The molecule has 6 nitrogen and oxygen atoms in total. The first-order valence-electron chi connectivity index (χ1n) is 12.5. The Morgan fingerprint density at radius 1 is 0.816 bits per heavy atom. The molecule has 2 heterocycles. The minimum Gasteiger partial charge on any atom is -0.263 e. The first kappa shape index (κ1) is 28.1. The second-order valence-corrected chi connectivity index (χ2v) is 21.8. The van der Waals surface area contributed by atoms with Gasteiger partial charge in [-0.05, 0) is 72.5 Å². The molecule has 0 N–H and O–H groups in total. The zero-order valence-electron chi connectivity index (χ0n) is 22.7. The predicted octanol–water partition coefficient (Wildman–Crippen LogP) is 6.36. The molecule has 4 rings (SSSR count). The van der Waals surface area contributed by atoms with E-state index < -0.39 is 32.5 Å². The van der Waals surface area contributed by atoms with Crippen molar-refractivity contribution in [3.8, 4) is 22.3 Å². The Hall–Kier alpha value is -2.88. The number of aromatic nitrogens is 2. The highest BCUT2D eigenvalue weighted by Crippen LogP contribution is 2.37. The average Bonchev–Trinajstić information content (AvgIpc) is 2.86. The summed E-state index contributed by atoms with van der Waals surface area (Å²) in [6.45, 7) is 9.88. The highest BCUT2D eigenvalue weighted by atomic mass is 32.2. The molecular weight excluding hydrogens is 533 g/mol. The molecule has 0 atom stereocenters. The zero-order valence-corrected chi connectivity index (χ0v) is 25.3. The Bertz CT molecular complexity index is 1730. The number of hydrogen-bond donors (Lipinski definition) is 0. The topological polar surface area (TPSA) is 94.1 Å². The van der Waals surface area contributed by atoms with Crippen molar-refractivity contribution in [1.82, 2.24) is 9.97 Å². The molecule has 0 radical (unpaired) electrons. The van der Waals surface area contributed by atoms with Crippen LogP contribution in [0.25, 0.3) is 33.2 Å². The minimum absolute atomic E-state index is 0.123. The Balaban J connectivity index is 1.80. The van der Waals surface area contributed by atoms with E-state index in [0.717, 1.165) is 22.1 Å². The lowest BCUT2D eigenvalue weighted by Gasteiger charge is -2.25. The summed E-state index contributed by atoms with van der Waals surface area (Å²) in [7, 11) is -8.38. The molecule has 0 saturated carbocycles. The third-order valence-corrected chi connectivity index (χ3v) is 12.9. The van der Waals surface area contributed by atoms with Crippen molar-refractivity contribution >= 4 is 38.7 Å². The SMILES string of the molecule is CC(C)(c1cc(-c2cccc(-c3cncc(S(=O)(=O)CC[Si](C)(C)C)c3)c2)cc2cccnc12)S(C)(=O)=O. The molecule has 0 aliphatic rings. The van der Waals surface area contributed by atoms with Gasteiger partial charge in [-0.15, -0.1) is 0 Å². The maximum absolute atomic E-state index is 13.0. The summed E-state index contributed by atoms with van der Waals surface area (Å²) in [4.78, 5) is 8.97. The lowest BCUT2D eigenvalue weighted by molar-refractivity contribution is 0.562. The maximum Gasteiger partial charge on any atom is 0.179 e. The Kier molecular flexibility index (Phi) is 7.42. The van der Waals surface area contributed by atoms with E-state index in [1.165, 1.54) is 12.5 Å². The van der Waals surface area contributed by atoms with Crippen molar-refractivity contribution < 1.29 is 16.8 Å². The standard InChI is InChI=1S/C29H34N2O4S2Si/c1-29(2,36(3,32)33)27-18-24(16-23-11-8-12-31-28(23)27)21-9-7-10-22(15-21)25-17-26(20-30-19-25)37(34,35)13-14-38(4,5)6/h7-12,15-20H,13-14H2,1-6H3. The molecule has 0 unspecified atom stereocenters. The minimum atomic E-state index is -3.44. The quantitative estimate of drug-likeness (QED) is 0.231. The smallest absolute Gasteiger partial charge is 0.179 e. The van der Waals surface area contributed by atoms with Crippen LogP contribution in [0.1, 0.15) is 19.4 Å². The van der Waals surface area contributed by atoms with Gasteiger partial charge in [0.2, 0.25) is 0 Å². The summed E-state index contributed by atoms with van der Waals surface area (Å²) >= 11 is 0. The molecule has 4 aromatic rings. The van der Waals surface area contributed by atoms with E-state index in [2.05, 4.69) is 29.6 Å². The van der Waals surface area contributed by atoms with Gasteiger partial charge < -0.3 is 0 Å². The highest BCUT2D eigenvalue weighted by molar-refractivity contribution is 7.91. The predicted molar refractivity (Wildman–Crippen MR) is 158 cm³/mol. The summed E-state index contributed by atoms with van der Waals surface area (Å²) in [5.74, 6) is 0.123. The number of pyridine rings is 2. The van der Waals surface area contributed by atoms with E-state index in [1.807, 2.05) is 48.5 Å². The molecule has 0 aliphatic heterocycles. The van der Waals surface area contributed by atoms with Crippen LogP contribution in [0.3, 0.4) is 0 Å². The molecule has 0 fully saturated rings. The monoisotopic (exact) mass is 566 g/mol. The number of rotatable bonds is 8. The Morgan fingerprint density at radius 2 is 1.50 bits per heavy atom. The van der Waals surface area contributed by atoms with Crippen LogP contribution >= 0.6 is 0 Å². The van der Waals surface area contributed by atoms with Crippen LogP contribution < -0.4 is 0 Å². The van der Waals surface area contributed by atoms with Gasteiger partial charge in [0.05, 0.1) is 20.9 Å². The molecule has 0 bridgehead atoms. The lowest BCUT2D eigenvalue weighted by atomic mass is 9.92. The largest absolute Gasteiger partial charge is 0.263 e. The van der Waals surface area contributed by atoms with Gasteiger partial charge in [-0.25, -0.2) is 16.8 Å². The maximum atomic E-state index is 13.0. The second-order valence-electron chi connectivity index (χ2n) is 11.5. The van der Waals surface area contributed by atoms with Gasteiger partial charge in [-0.2, -0.15) is 0 Å². The van der Waals surface area contributed by atoms with Crippen LogP contribution in [0.2, 0.25) is 25.7 Å².